The second-order valence-electron chi connectivity index (χ2n) is 5.53. The number of carbonyl (C=O) groups excluding carboxylic acids is 2. The van der Waals surface area contributed by atoms with Crippen LogP contribution in [0.1, 0.15) is 39.3 Å². The average Bonchev–Trinajstić information content (AvgIpc) is 2.54. The van der Waals surface area contributed by atoms with E-state index in [1.165, 1.54) is 11.8 Å². The molecule has 0 unspecified atom stereocenters. The molecule has 1 aromatic carbocycles. The summed E-state index contributed by atoms with van der Waals surface area (Å²) in [5.74, 6) is -0.988. The van der Waals surface area contributed by atoms with Crippen LogP contribution in [0.3, 0.4) is 0 Å². The van der Waals surface area contributed by atoms with Crippen molar-refractivity contribution in [1.29, 1.82) is 0 Å². The Balaban J connectivity index is 3.15. The fraction of sp³-hybridized carbons (Fsp3) is 0.529. The molecule has 0 bridgehead atoms. The molecule has 0 heterocycles. The topological polar surface area (TPSA) is 92.9 Å². The van der Waals surface area contributed by atoms with Crippen molar-refractivity contribution in [2.45, 2.75) is 51.9 Å². The van der Waals surface area contributed by atoms with Gasteiger partial charge in [0.25, 0.3) is 0 Å². The maximum atomic E-state index is 12.7. The first-order valence-corrected chi connectivity index (χ1v) is 7.78. The van der Waals surface area contributed by atoms with Crippen molar-refractivity contribution in [3.8, 4) is 0 Å². The summed E-state index contributed by atoms with van der Waals surface area (Å²) in [5, 5.41) is 9.63. The van der Waals surface area contributed by atoms with E-state index in [0.29, 0.717) is 0 Å². The molecule has 1 amide bonds. The number of nitrogens with zero attached hydrogens (tertiary/aromatic N) is 1. The molecule has 6 heteroatoms. The van der Waals surface area contributed by atoms with Crippen molar-refractivity contribution in [1.82, 2.24) is 4.90 Å². The van der Waals surface area contributed by atoms with Gasteiger partial charge >= 0.3 is 5.97 Å². The van der Waals surface area contributed by atoms with Gasteiger partial charge in [-0.3, -0.25) is 4.79 Å². The van der Waals surface area contributed by atoms with Crippen LogP contribution >= 0.6 is 0 Å². The molecule has 0 aliphatic carbocycles. The molecule has 0 fully saturated rings. The van der Waals surface area contributed by atoms with Gasteiger partial charge in [-0.05, 0) is 33.3 Å². The third kappa shape index (κ3) is 4.77. The van der Waals surface area contributed by atoms with E-state index in [-0.39, 0.29) is 12.6 Å². The fourth-order valence-electron chi connectivity index (χ4n) is 2.36. The van der Waals surface area contributed by atoms with E-state index in [9.17, 15) is 14.7 Å². The molecule has 1 aromatic rings. The molecule has 0 saturated heterocycles. The highest BCUT2D eigenvalue weighted by Crippen LogP contribution is 2.24. The number of ether oxygens (including phenoxy) is 1. The first kappa shape index (κ1) is 19.1. The lowest BCUT2D eigenvalue weighted by Crippen LogP contribution is -2.54. The third-order valence-electron chi connectivity index (χ3n) is 3.80. The number of aliphatic hydroxyl groups is 1. The predicted molar refractivity (Wildman–Crippen MR) is 87.5 cm³/mol. The molecule has 0 aliphatic rings. The van der Waals surface area contributed by atoms with Crippen molar-refractivity contribution in [2.24, 2.45) is 5.73 Å². The number of rotatable bonds is 7. The van der Waals surface area contributed by atoms with E-state index in [4.69, 9.17) is 10.5 Å². The number of amides is 1. The Bertz CT molecular complexity index is 519. The van der Waals surface area contributed by atoms with Crippen molar-refractivity contribution in [2.75, 3.05) is 6.61 Å². The summed E-state index contributed by atoms with van der Waals surface area (Å²) in [6.07, 6.45) is -1.01. The molecule has 3 N–H and O–H groups in total. The Kier molecular flexibility index (Phi) is 7.19. The minimum atomic E-state index is -1.10. The highest BCUT2D eigenvalue weighted by Gasteiger charge is 2.35. The molecule has 4 atom stereocenters. The third-order valence-corrected chi connectivity index (χ3v) is 3.80. The first-order valence-electron chi connectivity index (χ1n) is 7.78. The molecule has 1 rings (SSSR count). The van der Waals surface area contributed by atoms with Gasteiger partial charge in [-0.1, -0.05) is 30.3 Å². The van der Waals surface area contributed by atoms with Crippen molar-refractivity contribution in [3.63, 3.8) is 0 Å². The Hall–Kier alpha value is -1.92. The molecular formula is C17H26N2O4. The molecule has 128 valence electrons. The first-order chi connectivity index (χ1) is 10.8. The van der Waals surface area contributed by atoms with Crippen LogP contribution in [0, 0.1) is 0 Å². The monoisotopic (exact) mass is 322 g/mol. The van der Waals surface area contributed by atoms with Gasteiger partial charge in [-0.25, -0.2) is 4.79 Å². The fourth-order valence-corrected chi connectivity index (χ4v) is 2.36. The largest absolute Gasteiger partial charge is 0.464 e. The second-order valence-corrected chi connectivity index (χ2v) is 5.53. The van der Waals surface area contributed by atoms with Gasteiger partial charge < -0.3 is 20.5 Å². The maximum Gasteiger partial charge on any atom is 0.328 e. The van der Waals surface area contributed by atoms with Crippen LogP contribution in [0.15, 0.2) is 30.3 Å². The molecule has 0 spiro atoms. The van der Waals surface area contributed by atoms with E-state index in [1.54, 1.807) is 13.8 Å². The number of carbonyl (C=O) groups is 2. The van der Waals surface area contributed by atoms with Crippen molar-refractivity contribution >= 4 is 11.9 Å². The normalized spacial score (nSPS) is 16.1. The minimum absolute atomic E-state index is 0.230. The van der Waals surface area contributed by atoms with Gasteiger partial charge in [0.1, 0.15) is 12.1 Å². The Morgan fingerprint density at radius 1 is 1.22 bits per heavy atom. The van der Waals surface area contributed by atoms with Gasteiger partial charge in [-0.15, -0.1) is 0 Å². The van der Waals surface area contributed by atoms with Gasteiger partial charge in [0.15, 0.2) is 0 Å². The van der Waals surface area contributed by atoms with Gasteiger partial charge in [0, 0.05) is 0 Å². The molecule has 0 radical (unpaired) electrons. The zero-order valence-corrected chi connectivity index (χ0v) is 14.1. The summed E-state index contributed by atoms with van der Waals surface area (Å²) < 4.78 is 5.02. The zero-order valence-electron chi connectivity index (χ0n) is 14.1. The summed E-state index contributed by atoms with van der Waals surface area (Å²) in [7, 11) is 0. The van der Waals surface area contributed by atoms with Crippen molar-refractivity contribution in [3.05, 3.63) is 35.9 Å². The van der Waals surface area contributed by atoms with Crippen LogP contribution in [0.5, 0.6) is 0 Å². The number of nitrogens with two attached hydrogens (primary N) is 1. The Labute approximate surface area is 137 Å². The number of esters is 1. The Morgan fingerprint density at radius 2 is 1.78 bits per heavy atom. The van der Waals surface area contributed by atoms with Crippen LogP contribution < -0.4 is 5.73 Å². The lowest BCUT2D eigenvalue weighted by Gasteiger charge is -2.36. The smallest absolute Gasteiger partial charge is 0.328 e. The molecule has 0 saturated carbocycles. The highest BCUT2D eigenvalue weighted by molar-refractivity contribution is 5.88. The summed E-state index contributed by atoms with van der Waals surface area (Å²) in [5.41, 5.74) is 6.67. The van der Waals surface area contributed by atoms with E-state index in [2.05, 4.69) is 0 Å². The summed E-state index contributed by atoms with van der Waals surface area (Å²) >= 11 is 0. The predicted octanol–water partition coefficient (Wildman–Crippen LogP) is 1.24. The van der Waals surface area contributed by atoms with Gasteiger partial charge in [-0.2, -0.15) is 0 Å². The highest BCUT2D eigenvalue weighted by atomic mass is 16.5. The van der Waals surface area contributed by atoms with Gasteiger partial charge in [0.2, 0.25) is 5.91 Å². The average molecular weight is 322 g/mol. The number of benzene rings is 1. The summed E-state index contributed by atoms with van der Waals surface area (Å²) in [4.78, 5) is 26.2. The van der Waals surface area contributed by atoms with Crippen LogP contribution in [-0.2, 0) is 14.3 Å². The van der Waals surface area contributed by atoms with Crippen molar-refractivity contribution < 1.29 is 19.4 Å². The molecule has 6 nitrogen and oxygen atoms in total. The standard InChI is InChI=1S/C17H26N2O4/c1-5-23-17(22)12(3)19(16(21)15(18)13(4)20)11(2)14-9-7-6-8-10-14/h6-13,15,20H,5,18H2,1-4H3/t11-,12+,13+,15-/m0/s1. The number of hydrogen-bond acceptors (Lipinski definition) is 5. The summed E-state index contributed by atoms with van der Waals surface area (Å²) in [6.45, 7) is 6.80. The summed E-state index contributed by atoms with van der Waals surface area (Å²) in [6, 6.07) is 7.05. The zero-order chi connectivity index (χ0) is 17.6. The van der Waals surface area contributed by atoms with Crippen LogP contribution in [-0.4, -0.2) is 46.7 Å². The number of hydrogen-bond donors (Lipinski definition) is 2. The Morgan fingerprint density at radius 3 is 2.26 bits per heavy atom. The van der Waals surface area contributed by atoms with Crippen LogP contribution in [0.2, 0.25) is 0 Å². The van der Waals surface area contributed by atoms with E-state index >= 15 is 0 Å². The molecule has 23 heavy (non-hydrogen) atoms. The van der Waals surface area contributed by atoms with E-state index < -0.39 is 30.1 Å². The van der Waals surface area contributed by atoms with Crippen LogP contribution in [0.25, 0.3) is 0 Å². The van der Waals surface area contributed by atoms with E-state index in [1.807, 2.05) is 37.3 Å². The SMILES string of the molecule is CCOC(=O)[C@@H](C)N(C(=O)[C@@H](N)[C@@H](C)O)[C@@H](C)c1ccccc1. The molecular weight excluding hydrogens is 296 g/mol. The van der Waals surface area contributed by atoms with Gasteiger partial charge in [0.05, 0.1) is 18.8 Å². The quantitative estimate of drug-likeness (QED) is 0.737. The minimum Gasteiger partial charge on any atom is -0.464 e. The number of aliphatic hydroxyl groups excluding tert-OH is 1. The maximum absolute atomic E-state index is 12.7. The van der Waals surface area contributed by atoms with E-state index in [0.717, 1.165) is 5.56 Å². The lowest BCUT2D eigenvalue weighted by molar-refractivity contribution is -0.157. The second kappa shape index (κ2) is 8.64. The molecule has 0 aliphatic heterocycles. The lowest BCUT2D eigenvalue weighted by atomic mass is 10.0. The molecule has 0 aromatic heterocycles. The van der Waals surface area contributed by atoms with Crippen LogP contribution in [0.4, 0.5) is 0 Å².